The van der Waals surface area contributed by atoms with Crippen molar-refractivity contribution < 1.29 is 5.11 Å². The summed E-state index contributed by atoms with van der Waals surface area (Å²) in [5.74, 6) is 1.26. The molecule has 4 heteroatoms. The van der Waals surface area contributed by atoms with Crippen LogP contribution in [-0.4, -0.2) is 27.2 Å². The molecule has 1 aliphatic heterocycles. The molecule has 0 saturated carbocycles. The minimum atomic E-state index is 0.267. The molecule has 1 aromatic heterocycles. The lowest BCUT2D eigenvalue weighted by Crippen LogP contribution is -2.01. The summed E-state index contributed by atoms with van der Waals surface area (Å²) in [5.41, 5.74) is 1.24. The molecule has 1 N–H and O–H groups in total. The Morgan fingerprint density at radius 2 is 2.57 bits per heavy atom. The summed E-state index contributed by atoms with van der Waals surface area (Å²) in [6, 6.07) is 0. The van der Waals surface area contributed by atoms with E-state index in [0.717, 1.165) is 12.8 Å². The highest BCUT2D eigenvalue weighted by atomic mass is 32.2. The fourth-order valence-corrected chi connectivity index (χ4v) is 2.92. The smallest absolute Gasteiger partial charge is 0.0970 e. The van der Waals surface area contributed by atoms with E-state index in [-0.39, 0.29) is 6.61 Å². The molecule has 1 saturated heterocycles. The second-order valence-electron chi connectivity index (χ2n) is 3.62. The van der Waals surface area contributed by atoms with Gasteiger partial charge in [0.2, 0.25) is 0 Å². The third-order valence-corrected chi connectivity index (χ3v) is 3.84. The maximum absolute atomic E-state index is 8.71. The van der Waals surface area contributed by atoms with Gasteiger partial charge in [-0.3, -0.25) is 4.68 Å². The molecule has 0 aromatic carbocycles. The molecule has 1 fully saturated rings. The van der Waals surface area contributed by atoms with Crippen molar-refractivity contribution in [1.29, 1.82) is 0 Å². The van der Waals surface area contributed by atoms with Crippen molar-refractivity contribution in [3.8, 4) is 0 Å². The second-order valence-corrected chi connectivity index (χ2v) is 4.91. The average Bonchev–Trinajstić information content (AvgIpc) is 2.85. The number of aromatic nitrogens is 2. The average molecular weight is 212 g/mol. The van der Waals surface area contributed by atoms with Gasteiger partial charge in [-0.25, -0.2) is 0 Å². The summed E-state index contributed by atoms with van der Waals surface area (Å²) >= 11 is 1.98. The zero-order valence-corrected chi connectivity index (χ0v) is 9.04. The van der Waals surface area contributed by atoms with Crippen LogP contribution in [-0.2, 0) is 6.42 Å². The van der Waals surface area contributed by atoms with E-state index in [0.29, 0.717) is 5.37 Å². The largest absolute Gasteiger partial charge is 0.396 e. The van der Waals surface area contributed by atoms with E-state index in [9.17, 15) is 0 Å². The van der Waals surface area contributed by atoms with Crippen molar-refractivity contribution in [1.82, 2.24) is 9.78 Å². The van der Waals surface area contributed by atoms with E-state index in [1.54, 1.807) is 0 Å². The van der Waals surface area contributed by atoms with Crippen molar-refractivity contribution in [2.45, 2.75) is 31.1 Å². The van der Waals surface area contributed by atoms with Crippen molar-refractivity contribution in [3.63, 3.8) is 0 Å². The normalized spacial score (nSPS) is 21.6. The molecule has 0 amide bonds. The fourth-order valence-electron chi connectivity index (χ4n) is 1.72. The van der Waals surface area contributed by atoms with Crippen LogP contribution in [0.3, 0.4) is 0 Å². The predicted octanol–water partition coefficient (Wildman–Crippen LogP) is 1.83. The van der Waals surface area contributed by atoms with Gasteiger partial charge in [-0.2, -0.15) is 5.10 Å². The van der Waals surface area contributed by atoms with Crippen molar-refractivity contribution in [3.05, 3.63) is 18.0 Å². The molecule has 0 bridgehead atoms. The maximum Gasteiger partial charge on any atom is 0.0970 e. The van der Waals surface area contributed by atoms with Gasteiger partial charge >= 0.3 is 0 Å². The Morgan fingerprint density at radius 3 is 3.29 bits per heavy atom. The van der Waals surface area contributed by atoms with Gasteiger partial charge in [0.05, 0.1) is 11.6 Å². The topological polar surface area (TPSA) is 38.1 Å². The second kappa shape index (κ2) is 4.84. The van der Waals surface area contributed by atoms with Crippen LogP contribution in [0, 0.1) is 0 Å². The Kier molecular flexibility index (Phi) is 3.48. The first-order chi connectivity index (χ1) is 6.90. The number of thioether (sulfide) groups is 1. The summed E-state index contributed by atoms with van der Waals surface area (Å²) in [5, 5.41) is 13.6. The molecule has 0 radical (unpaired) electrons. The number of aliphatic hydroxyl groups excluding tert-OH is 1. The molecule has 0 aliphatic carbocycles. The standard InChI is InChI=1S/C10H16N2OS/c13-5-1-3-9-7-11-12(8-9)10-4-2-6-14-10/h7-8,10,13H,1-6H2. The highest BCUT2D eigenvalue weighted by Gasteiger charge is 2.17. The lowest BCUT2D eigenvalue weighted by molar-refractivity contribution is 0.288. The molecule has 78 valence electrons. The fraction of sp³-hybridized carbons (Fsp3) is 0.700. The van der Waals surface area contributed by atoms with Crippen molar-refractivity contribution in [2.75, 3.05) is 12.4 Å². The summed E-state index contributed by atoms with van der Waals surface area (Å²) in [6.45, 7) is 0.267. The Morgan fingerprint density at radius 1 is 1.64 bits per heavy atom. The minimum Gasteiger partial charge on any atom is -0.396 e. The highest BCUT2D eigenvalue weighted by Crippen LogP contribution is 2.34. The van der Waals surface area contributed by atoms with Gasteiger partial charge in [0.25, 0.3) is 0 Å². The predicted molar refractivity (Wildman–Crippen MR) is 58.4 cm³/mol. The van der Waals surface area contributed by atoms with Crippen LogP contribution >= 0.6 is 11.8 Å². The molecule has 1 unspecified atom stereocenters. The third-order valence-electron chi connectivity index (χ3n) is 2.48. The third kappa shape index (κ3) is 2.30. The van der Waals surface area contributed by atoms with E-state index in [1.165, 1.54) is 24.2 Å². The lowest BCUT2D eigenvalue weighted by Gasteiger charge is -2.07. The van der Waals surface area contributed by atoms with Gasteiger partial charge in [-0.05, 0) is 37.0 Å². The summed E-state index contributed by atoms with van der Waals surface area (Å²) in [7, 11) is 0. The Bertz CT molecular complexity index is 281. The van der Waals surface area contributed by atoms with Gasteiger partial charge < -0.3 is 5.11 Å². The Balaban J connectivity index is 1.94. The number of rotatable bonds is 4. The van der Waals surface area contributed by atoms with Gasteiger partial charge in [0, 0.05) is 12.8 Å². The molecule has 2 heterocycles. The number of nitrogens with zero attached hydrogens (tertiary/aromatic N) is 2. The van der Waals surface area contributed by atoms with E-state index in [1.807, 2.05) is 18.0 Å². The van der Waals surface area contributed by atoms with E-state index in [2.05, 4.69) is 16.0 Å². The van der Waals surface area contributed by atoms with Crippen molar-refractivity contribution >= 4 is 11.8 Å². The minimum absolute atomic E-state index is 0.267. The number of aliphatic hydroxyl groups is 1. The quantitative estimate of drug-likeness (QED) is 0.827. The Hall–Kier alpha value is -0.480. The van der Waals surface area contributed by atoms with Crippen LogP contribution in [0.4, 0.5) is 0 Å². The Labute approximate surface area is 88.5 Å². The molecule has 1 aromatic rings. The molecule has 1 aliphatic rings. The summed E-state index contributed by atoms with van der Waals surface area (Å²) < 4.78 is 2.07. The zero-order valence-electron chi connectivity index (χ0n) is 8.22. The molecule has 0 spiro atoms. The summed E-state index contributed by atoms with van der Waals surface area (Å²) in [6.07, 6.45) is 8.37. The SMILES string of the molecule is OCCCc1cnn(C2CCCS2)c1. The highest BCUT2D eigenvalue weighted by molar-refractivity contribution is 7.99. The molecular weight excluding hydrogens is 196 g/mol. The number of aryl methyl sites for hydroxylation is 1. The van der Waals surface area contributed by atoms with Crippen LogP contribution in [0.1, 0.15) is 30.2 Å². The molecular formula is C10H16N2OS. The van der Waals surface area contributed by atoms with Crippen LogP contribution in [0.25, 0.3) is 0 Å². The lowest BCUT2D eigenvalue weighted by atomic mass is 10.2. The maximum atomic E-state index is 8.71. The summed E-state index contributed by atoms with van der Waals surface area (Å²) in [4.78, 5) is 0. The van der Waals surface area contributed by atoms with Crippen molar-refractivity contribution in [2.24, 2.45) is 0 Å². The first-order valence-electron chi connectivity index (χ1n) is 5.15. The number of hydrogen-bond acceptors (Lipinski definition) is 3. The zero-order chi connectivity index (χ0) is 9.80. The number of hydrogen-bond donors (Lipinski definition) is 1. The monoisotopic (exact) mass is 212 g/mol. The van der Waals surface area contributed by atoms with Gasteiger partial charge in [-0.1, -0.05) is 0 Å². The van der Waals surface area contributed by atoms with E-state index >= 15 is 0 Å². The van der Waals surface area contributed by atoms with Gasteiger partial charge in [0.1, 0.15) is 0 Å². The van der Waals surface area contributed by atoms with Crippen LogP contribution in [0.2, 0.25) is 0 Å². The van der Waals surface area contributed by atoms with Gasteiger partial charge in [-0.15, -0.1) is 11.8 Å². The first kappa shape index (κ1) is 10.1. The molecule has 14 heavy (non-hydrogen) atoms. The van der Waals surface area contributed by atoms with E-state index < -0.39 is 0 Å². The van der Waals surface area contributed by atoms with Crippen LogP contribution in [0.5, 0.6) is 0 Å². The van der Waals surface area contributed by atoms with Crippen LogP contribution in [0.15, 0.2) is 12.4 Å². The molecule has 1 atom stereocenters. The van der Waals surface area contributed by atoms with Crippen LogP contribution < -0.4 is 0 Å². The van der Waals surface area contributed by atoms with E-state index in [4.69, 9.17) is 5.11 Å². The molecule has 2 rings (SSSR count). The molecule has 3 nitrogen and oxygen atoms in total. The van der Waals surface area contributed by atoms with Gasteiger partial charge in [0.15, 0.2) is 0 Å². The first-order valence-corrected chi connectivity index (χ1v) is 6.20.